The monoisotopic (exact) mass is 206 g/mol. The van der Waals surface area contributed by atoms with Gasteiger partial charge in [-0.25, -0.2) is 4.98 Å². The summed E-state index contributed by atoms with van der Waals surface area (Å²) < 4.78 is 5.81. The molecule has 2 atom stereocenters. The third-order valence-corrected chi connectivity index (χ3v) is 2.79. The van der Waals surface area contributed by atoms with Crippen LogP contribution in [0.2, 0.25) is 0 Å². The molecule has 1 aliphatic rings. The fraction of sp³-hybridized carbons (Fsp3) is 0.583. The van der Waals surface area contributed by atoms with Gasteiger partial charge in [0.1, 0.15) is 6.10 Å². The summed E-state index contributed by atoms with van der Waals surface area (Å²) in [5.41, 5.74) is 1.19. The molecule has 1 aromatic heterocycles. The van der Waals surface area contributed by atoms with Gasteiger partial charge in [0.25, 0.3) is 0 Å². The summed E-state index contributed by atoms with van der Waals surface area (Å²) in [7, 11) is 0. The first kappa shape index (κ1) is 10.4. The minimum Gasteiger partial charge on any atom is -0.473 e. The number of piperidine rings is 1. The van der Waals surface area contributed by atoms with Gasteiger partial charge >= 0.3 is 0 Å². The molecular formula is C12H18N2O. The Morgan fingerprint density at radius 1 is 1.47 bits per heavy atom. The number of pyridine rings is 1. The Kier molecular flexibility index (Phi) is 3.21. The highest BCUT2D eigenvalue weighted by Crippen LogP contribution is 2.15. The zero-order valence-electron chi connectivity index (χ0n) is 9.36. The van der Waals surface area contributed by atoms with Crippen molar-refractivity contribution in [2.45, 2.75) is 38.8 Å². The highest BCUT2D eigenvalue weighted by atomic mass is 16.5. The number of rotatable bonds is 2. The third-order valence-electron chi connectivity index (χ3n) is 2.79. The average Bonchev–Trinajstić information content (AvgIpc) is 2.22. The smallest absolute Gasteiger partial charge is 0.213 e. The molecule has 0 saturated carbocycles. The Balaban J connectivity index is 1.92. The molecule has 1 N–H and O–H groups in total. The lowest BCUT2D eigenvalue weighted by molar-refractivity contribution is 0.146. The lowest BCUT2D eigenvalue weighted by Crippen LogP contribution is -2.42. The second-order valence-corrected chi connectivity index (χ2v) is 4.30. The number of hydrogen-bond donors (Lipinski definition) is 1. The van der Waals surface area contributed by atoms with Crippen LogP contribution in [0.1, 0.15) is 25.3 Å². The molecule has 82 valence electrons. The molecule has 0 radical (unpaired) electrons. The van der Waals surface area contributed by atoms with E-state index < -0.39 is 0 Å². The van der Waals surface area contributed by atoms with Crippen LogP contribution in [0.15, 0.2) is 18.3 Å². The van der Waals surface area contributed by atoms with E-state index >= 15 is 0 Å². The van der Waals surface area contributed by atoms with Gasteiger partial charge in [0.15, 0.2) is 0 Å². The minimum atomic E-state index is 0.274. The second kappa shape index (κ2) is 4.62. The van der Waals surface area contributed by atoms with Crippen molar-refractivity contribution in [2.24, 2.45) is 0 Å². The molecule has 2 rings (SSSR count). The molecule has 2 heterocycles. The molecule has 0 aromatic carbocycles. The maximum Gasteiger partial charge on any atom is 0.213 e. The van der Waals surface area contributed by atoms with Crippen molar-refractivity contribution in [1.82, 2.24) is 10.3 Å². The van der Waals surface area contributed by atoms with Gasteiger partial charge in [0.2, 0.25) is 5.88 Å². The maximum atomic E-state index is 5.81. The van der Waals surface area contributed by atoms with Crippen LogP contribution in [0.3, 0.4) is 0 Å². The summed E-state index contributed by atoms with van der Waals surface area (Å²) in [5.74, 6) is 0.747. The van der Waals surface area contributed by atoms with E-state index in [0.29, 0.717) is 6.04 Å². The van der Waals surface area contributed by atoms with Crippen LogP contribution in [0.5, 0.6) is 5.88 Å². The van der Waals surface area contributed by atoms with E-state index in [-0.39, 0.29) is 6.10 Å². The summed E-state index contributed by atoms with van der Waals surface area (Å²) in [6.45, 7) is 5.19. The van der Waals surface area contributed by atoms with Gasteiger partial charge < -0.3 is 10.1 Å². The molecule has 3 nitrogen and oxygen atoms in total. The second-order valence-electron chi connectivity index (χ2n) is 4.30. The topological polar surface area (TPSA) is 34.1 Å². The van der Waals surface area contributed by atoms with E-state index in [1.807, 2.05) is 12.1 Å². The van der Waals surface area contributed by atoms with Crippen LogP contribution in [-0.4, -0.2) is 23.7 Å². The Morgan fingerprint density at radius 3 is 3.00 bits per heavy atom. The molecule has 1 saturated heterocycles. The fourth-order valence-corrected chi connectivity index (χ4v) is 1.82. The summed E-state index contributed by atoms with van der Waals surface area (Å²) >= 11 is 0. The molecule has 0 bridgehead atoms. The summed E-state index contributed by atoms with van der Waals surface area (Å²) in [4.78, 5) is 4.20. The maximum absolute atomic E-state index is 5.81. The largest absolute Gasteiger partial charge is 0.473 e. The lowest BCUT2D eigenvalue weighted by Gasteiger charge is -2.27. The summed E-state index contributed by atoms with van der Waals surface area (Å²) in [6.07, 6.45) is 4.36. The third kappa shape index (κ3) is 2.93. The van der Waals surface area contributed by atoms with Crippen molar-refractivity contribution in [3.05, 3.63) is 23.9 Å². The first-order valence-electron chi connectivity index (χ1n) is 5.57. The highest BCUT2D eigenvalue weighted by molar-refractivity contribution is 5.19. The van der Waals surface area contributed by atoms with Crippen LogP contribution < -0.4 is 10.1 Å². The van der Waals surface area contributed by atoms with Gasteiger partial charge in [-0.05, 0) is 38.3 Å². The van der Waals surface area contributed by atoms with E-state index in [2.05, 4.69) is 24.1 Å². The van der Waals surface area contributed by atoms with Gasteiger partial charge in [-0.2, -0.15) is 0 Å². The van der Waals surface area contributed by atoms with E-state index in [0.717, 1.165) is 18.8 Å². The number of ether oxygens (including phenoxy) is 1. The van der Waals surface area contributed by atoms with Gasteiger partial charge in [0.05, 0.1) is 0 Å². The van der Waals surface area contributed by atoms with Crippen LogP contribution in [0.25, 0.3) is 0 Å². The Bertz CT molecular complexity index is 319. The molecule has 2 unspecified atom stereocenters. The van der Waals surface area contributed by atoms with Crippen molar-refractivity contribution in [3.8, 4) is 5.88 Å². The normalized spacial score (nSPS) is 26.3. The van der Waals surface area contributed by atoms with E-state index in [4.69, 9.17) is 4.74 Å². The van der Waals surface area contributed by atoms with E-state index in [1.54, 1.807) is 6.20 Å². The highest BCUT2D eigenvalue weighted by Gasteiger charge is 2.18. The van der Waals surface area contributed by atoms with Crippen LogP contribution >= 0.6 is 0 Å². The fourth-order valence-electron chi connectivity index (χ4n) is 1.82. The molecule has 0 aliphatic carbocycles. The minimum absolute atomic E-state index is 0.274. The van der Waals surface area contributed by atoms with Crippen LogP contribution in [-0.2, 0) is 0 Å². The Labute approximate surface area is 90.9 Å². The summed E-state index contributed by atoms with van der Waals surface area (Å²) in [5, 5.41) is 3.41. The van der Waals surface area contributed by atoms with E-state index in [1.165, 1.54) is 12.0 Å². The predicted molar refractivity (Wildman–Crippen MR) is 60.1 cm³/mol. The lowest BCUT2D eigenvalue weighted by atomic mass is 10.0. The number of nitrogens with zero attached hydrogens (tertiary/aromatic N) is 1. The quantitative estimate of drug-likeness (QED) is 0.802. The number of hydrogen-bond acceptors (Lipinski definition) is 3. The average molecular weight is 206 g/mol. The van der Waals surface area contributed by atoms with Crippen molar-refractivity contribution < 1.29 is 4.74 Å². The SMILES string of the molecule is Cc1ccnc(OC2CCC(C)NC2)c1. The van der Waals surface area contributed by atoms with Gasteiger partial charge in [0, 0.05) is 24.8 Å². The number of aryl methyl sites for hydroxylation is 1. The number of aromatic nitrogens is 1. The first-order valence-corrected chi connectivity index (χ1v) is 5.57. The molecule has 0 amide bonds. The van der Waals surface area contributed by atoms with Gasteiger partial charge in [-0.1, -0.05) is 0 Å². The van der Waals surface area contributed by atoms with Gasteiger partial charge in [-0.15, -0.1) is 0 Å². The Hall–Kier alpha value is -1.09. The van der Waals surface area contributed by atoms with Crippen molar-refractivity contribution in [3.63, 3.8) is 0 Å². The standard InChI is InChI=1S/C12H18N2O/c1-9-5-6-13-12(7-9)15-11-4-3-10(2)14-8-11/h5-7,10-11,14H,3-4,8H2,1-2H3. The zero-order chi connectivity index (χ0) is 10.7. The summed E-state index contributed by atoms with van der Waals surface area (Å²) in [6, 6.07) is 4.59. The first-order chi connectivity index (χ1) is 7.24. The van der Waals surface area contributed by atoms with Crippen molar-refractivity contribution in [2.75, 3.05) is 6.54 Å². The molecule has 0 spiro atoms. The molecule has 1 fully saturated rings. The molecule has 1 aliphatic heterocycles. The van der Waals surface area contributed by atoms with Crippen LogP contribution in [0.4, 0.5) is 0 Å². The van der Waals surface area contributed by atoms with E-state index in [9.17, 15) is 0 Å². The molecule has 1 aromatic rings. The zero-order valence-corrected chi connectivity index (χ0v) is 9.36. The molecular weight excluding hydrogens is 188 g/mol. The van der Waals surface area contributed by atoms with Crippen molar-refractivity contribution in [1.29, 1.82) is 0 Å². The van der Waals surface area contributed by atoms with Gasteiger partial charge in [-0.3, -0.25) is 0 Å². The molecule has 15 heavy (non-hydrogen) atoms. The van der Waals surface area contributed by atoms with Crippen molar-refractivity contribution >= 4 is 0 Å². The van der Waals surface area contributed by atoms with Crippen LogP contribution in [0, 0.1) is 6.92 Å². The molecule has 3 heteroatoms. The Morgan fingerprint density at radius 2 is 2.33 bits per heavy atom. The predicted octanol–water partition coefficient (Wildman–Crippen LogP) is 1.91. The number of nitrogens with one attached hydrogen (secondary N) is 1.